The number of hydrogen-bond donors (Lipinski definition) is 0. The van der Waals surface area contributed by atoms with Gasteiger partial charge in [0.1, 0.15) is 0 Å². The van der Waals surface area contributed by atoms with Gasteiger partial charge in [0.15, 0.2) is 0 Å². The molecule has 1 aromatic heterocycles. The highest BCUT2D eigenvalue weighted by molar-refractivity contribution is 5.98. The van der Waals surface area contributed by atoms with Crippen molar-refractivity contribution in [2.75, 3.05) is 33.2 Å². The molecule has 0 N–H and O–H groups in total. The normalized spacial score (nSPS) is 16.6. The number of piperazine rings is 1. The van der Waals surface area contributed by atoms with E-state index < -0.39 is 17.3 Å². The lowest BCUT2D eigenvalue weighted by molar-refractivity contribution is -0.137. The smallest absolute Gasteiger partial charge is 0.336 e. The maximum Gasteiger partial charge on any atom is 0.416 e. The van der Waals surface area contributed by atoms with Crippen LogP contribution < -0.4 is 5.56 Å². The molecule has 0 spiro atoms. The number of fused-ring (bicyclic) bond motifs is 1. The van der Waals surface area contributed by atoms with E-state index in [4.69, 9.17) is 0 Å². The number of aromatic nitrogens is 1. The van der Waals surface area contributed by atoms with Crippen LogP contribution in [0.3, 0.4) is 0 Å². The minimum Gasteiger partial charge on any atom is -0.336 e. The molecule has 0 saturated carbocycles. The maximum atomic E-state index is 13.5. The summed E-state index contributed by atoms with van der Waals surface area (Å²) in [5.41, 5.74) is 0.653. The van der Waals surface area contributed by atoms with E-state index in [0.717, 1.165) is 25.2 Å². The van der Waals surface area contributed by atoms with Crippen LogP contribution in [-0.4, -0.2) is 59.7 Å². The standard InChI is InChI=1S/C22H23F3N4O2/c1-13-16(21(31)29-6-4-27(2)5-7-29)10-18(20(30)28(13)3)17-9-15(22(23,24)25)8-14-11-26-12-19(14)17/h8-10,12H,4-7,11H2,1-3H3. The van der Waals surface area contributed by atoms with E-state index in [-0.39, 0.29) is 23.6 Å². The quantitative estimate of drug-likeness (QED) is 0.733. The van der Waals surface area contributed by atoms with Crippen LogP contribution in [0.2, 0.25) is 0 Å². The Morgan fingerprint density at radius 3 is 2.35 bits per heavy atom. The largest absolute Gasteiger partial charge is 0.416 e. The van der Waals surface area contributed by atoms with Gasteiger partial charge in [0, 0.05) is 56.3 Å². The molecule has 0 aliphatic carbocycles. The van der Waals surface area contributed by atoms with Gasteiger partial charge >= 0.3 is 6.18 Å². The molecule has 3 heterocycles. The maximum absolute atomic E-state index is 13.5. The van der Waals surface area contributed by atoms with E-state index in [9.17, 15) is 22.8 Å². The van der Waals surface area contributed by atoms with Crippen molar-refractivity contribution in [2.24, 2.45) is 12.0 Å². The molecule has 1 aromatic carbocycles. The number of carbonyl (C=O) groups is 1. The second-order valence-corrected chi connectivity index (χ2v) is 8.08. The van der Waals surface area contributed by atoms with Crippen LogP contribution in [0.4, 0.5) is 13.2 Å². The van der Waals surface area contributed by atoms with Gasteiger partial charge in [-0.1, -0.05) is 0 Å². The zero-order valence-electron chi connectivity index (χ0n) is 17.6. The van der Waals surface area contributed by atoms with Crippen molar-refractivity contribution in [3.8, 4) is 11.1 Å². The van der Waals surface area contributed by atoms with Gasteiger partial charge in [0.25, 0.3) is 11.5 Å². The zero-order chi connectivity index (χ0) is 22.5. The SMILES string of the molecule is Cc1c(C(=O)N2CCN(C)CC2)cc(-c2cc(C(F)(F)F)cc3c2C=NC3)c(=O)n1C. The van der Waals surface area contributed by atoms with Gasteiger partial charge in [0.2, 0.25) is 0 Å². The molecule has 1 fully saturated rings. The number of pyridine rings is 1. The molecule has 0 bridgehead atoms. The summed E-state index contributed by atoms with van der Waals surface area (Å²) < 4.78 is 41.8. The highest BCUT2D eigenvalue weighted by Crippen LogP contribution is 2.36. The number of aliphatic imine (C=N–C) groups is 1. The van der Waals surface area contributed by atoms with Gasteiger partial charge in [-0.2, -0.15) is 13.2 Å². The monoisotopic (exact) mass is 432 g/mol. The summed E-state index contributed by atoms with van der Waals surface area (Å²) in [4.78, 5) is 34.2. The van der Waals surface area contributed by atoms with Crippen LogP contribution in [0.25, 0.3) is 11.1 Å². The number of halogens is 3. The Bertz CT molecular complexity index is 1140. The van der Waals surface area contributed by atoms with Crippen molar-refractivity contribution < 1.29 is 18.0 Å². The Morgan fingerprint density at radius 2 is 1.71 bits per heavy atom. The van der Waals surface area contributed by atoms with E-state index in [0.29, 0.717) is 35.5 Å². The van der Waals surface area contributed by atoms with E-state index in [2.05, 4.69) is 9.89 Å². The molecule has 1 amide bonds. The van der Waals surface area contributed by atoms with E-state index in [1.165, 1.54) is 23.9 Å². The lowest BCUT2D eigenvalue weighted by atomic mass is 9.93. The average Bonchev–Trinajstić information content (AvgIpc) is 3.20. The van der Waals surface area contributed by atoms with Gasteiger partial charge in [-0.05, 0) is 43.3 Å². The van der Waals surface area contributed by atoms with Crippen molar-refractivity contribution >= 4 is 12.1 Å². The number of benzene rings is 1. The highest BCUT2D eigenvalue weighted by atomic mass is 19.4. The second kappa shape index (κ2) is 7.64. The first-order chi connectivity index (χ1) is 14.6. The predicted octanol–water partition coefficient (Wildman–Crippen LogP) is 2.70. The van der Waals surface area contributed by atoms with Crippen LogP contribution in [0.15, 0.2) is 28.0 Å². The first kappa shape index (κ1) is 21.3. The molecular formula is C22H23F3N4O2. The molecular weight excluding hydrogens is 409 g/mol. The average molecular weight is 432 g/mol. The van der Waals surface area contributed by atoms with Crippen LogP contribution in [0, 0.1) is 6.92 Å². The van der Waals surface area contributed by atoms with Crippen LogP contribution in [0.1, 0.15) is 32.7 Å². The molecule has 0 unspecified atom stereocenters. The number of alkyl halides is 3. The molecule has 2 aliphatic heterocycles. The Hall–Kier alpha value is -2.94. The number of nitrogens with zero attached hydrogens (tertiary/aromatic N) is 4. The fourth-order valence-corrected chi connectivity index (χ4v) is 4.03. The Morgan fingerprint density at radius 1 is 1.03 bits per heavy atom. The van der Waals surface area contributed by atoms with Crippen molar-refractivity contribution in [3.63, 3.8) is 0 Å². The number of carbonyl (C=O) groups excluding carboxylic acids is 1. The minimum absolute atomic E-state index is 0.0706. The predicted molar refractivity (Wildman–Crippen MR) is 112 cm³/mol. The van der Waals surface area contributed by atoms with Crippen molar-refractivity contribution in [1.82, 2.24) is 14.4 Å². The zero-order valence-corrected chi connectivity index (χ0v) is 17.6. The molecule has 2 aliphatic rings. The number of hydrogen-bond acceptors (Lipinski definition) is 4. The summed E-state index contributed by atoms with van der Waals surface area (Å²) in [5.74, 6) is -0.222. The molecule has 9 heteroatoms. The van der Waals surface area contributed by atoms with E-state index >= 15 is 0 Å². The highest BCUT2D eigenvalue weighted by Gasteiger charge is 2.33. The number of likely N-dealkylation sites (N-methyl/N-ethyl adjacent to an activating group) is 1. The molecule has 2 aromatic rings. The molecule has 6 nitrogen and oxygen atoms in total. The molecule has 164 valence electrons. The fraction of sp³-hybridized carbons (Fsp3) is 0.409. The van der Waals surface area contributed by atoms with Gasteiger partial charge in [-0.3, -0.25) is 14.6 Å². The third-order valence-electron chi connectivity index (χ3n) is 6.10. The first-order valence-corrected chi connectivity index (χ1v) is 10.0. The lowest BCUT2D eigenvalue weighted by Crippen LogP contribution is -2.47. The van der Waals surface area contributed by atoms with Crippen molar-refractivity contribution in [1.29, 1.82) is 0 Å². The third-order valence-corrected chi connectivity index (χ3v) is 6.10. The summed E-state index contributed by atoms with van der Waals surface area (Å²) in [6.45, 7) is 4.39. The van der Waals surface area contributed by atoms with Gasteiger partial charge < -0.3 is 14.4 Å². The van der Waals surface area contributed by atoms with Gasteiger partial charge in [0.05, 0.1) is 17.7 Å². The van der Waals surface area contributed by atoms with E-state index in [1.807, 2.05) is 7.05 Å². The summed E-state index contributed by atoms with van der Waals surface area (Å²) in [6, 6.07) is 3.49. The Kier molecular flexibility index (Phi) is 5.25. The number of rotatable bonds is 2. The lowest BCUT2D eigenvalue weighted by Gasteiger charge is -2.33. The van der Waals surface area contributed by atoms with E-state index in [1.54, 1.807) is 11.8 Å². The second-order valence-electron chi connectivity index (χ2n) is 8.08. The van der Waals surface area contributed by atoms with Gasteiger partial charge in [-0.25, -0.2) is 0 Å². The van der Waals surface area contributed by atoms with Gasteiger partial charge in [-0.15, -0.1) is 0 Å². The Balaban J connectivity index is 1.87. The summed E-state index contributed by atoms with van der Waals surface area (Å²) in [7, 11) is 3.51. The number of amides is 1. The molecule has 4 rings (SSSR count). The fourth-order valence-electron chi connectivity index (χ4n) is 4.03. The molecule has 31 heavy (non-hydrogen) atoms. The van der Waals surface area contributed by atoms with Crippen LogP contribution in [0.5, 0.6) is 0 Å². The summed E-state index contributed by atoms with van der Waals surface area (Å²) in [6.07, 6.45) is -3.06. The molecule has 1 saturated heterocycles. The Labute approximate surface area is 177 Å². The topological polar surface area (TPSA) is 57.9 Å². The van der Waals surface area contributed by atoms with Crippen LogP contribution >= 0.6 is 0 Å². The minimum atomic E-state index is -4.55. The molecule has 0 radical (unpaired) electrons. The first-order valence-electron chi connectivity index (χ1n) is 10.0. The van der Waals surface area contributed by atoms with Crippen molar-refractivity contribution in [3.05, 3.63) is 56.5 Å². The molecule has 0 atom stereocenters. The summed E-state index contributed by atoms with van der Waals surface area (Å²) >= 11 is 0. The summed E-state index contributed by atoms with van der Waals surface area (Å²) in [5, 5.41) is 0. The third kappa shape index (κ3) is 3.78. The van der Waals surface area contributed by atoms with Crippen molar-refractivity contribution in [2.45, 2.75) is 19.6 Å². The van der Waals surface area contributed by atoms with Crippen LogP contribution in [-0.2, 0) is 19.8 Å².